The van der Waals surface area contributed by atoms with Crippen LogP contribution in [-0.2, 0) is 4.74 Å². The molecule has 0 amide bonds. The average Bonchev–Trinajstić information content (AvgIpc) is 2.24. The van der Waals surface area contributed by atoms with Gasteiger partial charge in [0, 0.05) is 19.3 Å². The van der Waals surface area contributed by atoms with E-state index >= 15 is 0 Å². The van der Waals surface area contributed by atoms with Crippen LogP contribution < -0.4 is 11.1 Å². The number of aromatic carboxylic acids is 1. The second kappa shape index (κ2) is 4.58. The van der Waals surface area contributed by atoms with Crippen LogP contribution >= 0.6 is 0 Å². The summed E-state index contributed by atoms with van der Waals surface area (Å²) in [7, 11) is 1.68. The summed E-state index contributed by atoms with van der Waals surface area (Å²) in [5.41, 5.74) is 6.00. The molecule has 0 bridgehead atoms. The van der Waals surface area contributed by atoms with Gasteiger partial charge in [-0.1, -0.05) is 0 Å². The Bertz CT molecular complexity index is 430. The predicted molar refractivity (Wildman–Crippen MR) is 63.1 cm³/mol. The van der Waals surface area contributed by atoms with Gasteiger partial charge < -0.3 is 20.9 Å². The maximum Gasteiger partial charge on any atom is 0.337 e. The molecule has 0 spiro atoms. The number of nitrogens with zero attached hydrogens (tertiary/aromatic N) is 1. The highest BCUT2D eigenvalue weighted by molar-refractivity contribution is 5.96. The fourth-order valence-corrected chi connectivity index (χ4v) is 1.84. The fourth-order valence-electron chi connectivity index (χ4n) is 1.84. The van der Waals surface area contributed by atoms with Crippen molar-refractivity contribution in [1.29, 1.82) is 0 Å². The number of anilines is 2. The standard InChI is InChI=1S/C11H15N3O3/c1-17-7-4-6(5-7)14-10-9(12)8(11(15)16)2-3-13-10/h2-3,6-7H,4-5,12H2,1H3,(H,13,14)(H,15,16). The van der Waals surface area contributed by atoms with E-state index in [0.717, 1.165) is 12.8 Å². The highest BCUT2D eigenvalue weighted by Crippen LogP contribution is 2.28. The van der Waals surface area contributed by atoms with Crippen molar-refractivity contribution in [3.63, 3.8) is 0 Å². The van der Waals surface area contributed by atoms with Crippen molar-refractivity contribution in [2.24, 2.45) is 0 Å². The van der Waals surface area contributed by atoms with Crippen molar-refractivity contribution in [3.05, 3.63) is 17.8 Å². The number of hydrogen-bond donors (Lipinski definition) is 3. The molecule has 0 unspecified atom stereocenters. The minimum Gasteiger partial charge on any atom is -0.478 e. The second-order valence-electron chi connectivity index (χ2n) is 4.10. The molecule has 1 aromatic rings. The summed E-state index contributed by atoms with van der Waals surface area (Å²) in [6.07, 6.45) is 3.48. The van der Waals surface area contributed by atoms with Gasteiger partial charge in [-0.2, -0.15) is 0 Å². The minimum atomic E-state index is -1.05. The first kappa shape index (κ1) is 11.7. The summed E-state index contributed by atoms with van der Waals surface area (Å²) in [6, 6.07) is 1.64. The van der Waals surface area contributed by atoms with Crippen LogP contribution in [0.1, 0.15) is 23.2 Å². The Morgan fingerprint density at radius 1 is 1.65 bits per heavy atom. The summed E-state index contributed by atoms with van der Waals surface area (Å²) in [6.45, 7) is 0. The topological polar surface area (TPSA) is 97.5 Å². The fraction of sp³-hybridized carbons (Fsp3) is 0.455. The van der Waals surface area contributed by atoms with Crippen LogP contribution in [-0.4, -0.2) is 35.3 Å². The third kappa shape index (κ3) is 2.31. The second-order valence-corrected chi connectivity index (χ2v) is 4.10. The lowest BCUT2D eigenvalue weighted by Crippen LogP contribution is -2.40. The Hall–Kier alpha value is -1.82. The lowest BCUT2D eigenvalue weighted by molar-refractivity contribution is 0.0328. The van der Waals surface area contributed by atoms with Gasteiger partial charge in [-0.15, -0.1) is 0 Å². The Balaban J connectivity index is 2.07. The summed E-state index contributed by atoms with van der Waals surface area (Å²) < 4.78 is 5.16. The number of nitrogens with one attached hydrogen (secondary N) is 1. The zero-order valence-electron chi connectivity index (χ0n) is 9.51. The molecule has 0 saturated heterocycles. The molecule has 6 nitrogen and oxygen atoms in total. The number of carboxylic acid groups (broad SMARTS) is 1. The monoisotopic (exact) mass is 237 g/mol. The van der Waals surface area contributed by atoms with Crippen molar-refractivity contribution in [2.45, 2.75) is 25.0 Å². The van der Waals surface area contributed by atoms with Crippen LogP contribution in [0.4, 0.5) is 11.5 Å². The number of nitrogens with two attached hydrogens (primary N) is 1. The van der Waals surface area contributed by atoms with Gasteiger partial charge >= 0.3 is 5.97 Å². The molecule has 1 heterocycles. The molecule has 0 radical (unpaired) electrons. The van der Waals surface area contributed by atoms with Crippen molar-refractivity contribution in [1.82, 2.24) is 4.98 Å². The molecule has 92 valence electrons. The highest BCUT2D eigenvalue weighted by atomic mass is 16.5. The Morgan fingerprint density at radius 2 is 2.35 bits per heavy atom. The number of aromatic nitrogens is 1. The van der Waals surface area contributed by atoms with Gasteiger partial charge in [0.15, 0.2) is 0 Å². The Kier molecular flexibility index (Phi) is 3.14. The van der Waals surface area contributed by atoms with Crippen molar-refractivity contribution in [2.75, 3.05) is 18.2 Å². The number of carboxylic acids is 1. The molecule has 0 atom stereocenters. The summed E-state index contributed by atoms with van der Waals surface area (Å²) in [5, 5.41) is 12.0. The lowest BCUT2D eigenvalue weighted by atomic mass is 9.89. The molecule has 0 aromatic carbocycles. The number of methoxy groups -OCH3 is 1. The van der Waals surface area contributed by atoms with Crippen molar-refractivity contribution < 1.29 is 14.6 Å². The zero-order valence-corrected chi connectivity index (χ0v) is 9.51. The van der Waals surface area contributed by atoms with Crippen molar-refractivity contribution in [3.8, 4) is 0 Å². The Labute approximate surface area is 98.8 Å². The van der Waals surface area contributed by atoms with Gasteiger partial charge in [-0.05, 0) is 18.9 Å². The normalized spacial score (nSPS) is 22.9. The van der Waals surface area contributed by atoms with Gasteiger partial charge in [0.25, 0.3) is 0 Å². The van der Waals surface area contributed by atoms with Crippen LogP contribution in [0, 0.1) is 0 Å². The molecular weight excluding hydrogens is 222 g/mol. The van der Waals surface area contributed by atoms with E-state index in [9.17, 15) is 4.79 Å². The van der Waals surface area contributed by atoms with E-state index in [-0.39, 0.29) is 23.4 Å². The molecule has 4 N–H and O–H groups in total. The number of rotatable bonds is 4. The minimum absolute atomic E-state index is 0.0742. The van der Waals surface area contributed by atoms with Crippen LogP contribution in [0.25, 0.3) is 0 Å². The highest BCUT2D eigenvalue weighted by Gasteiger charge is 2.29. The molecule has 17 heavy (non-hydrogen) atoms. The van der Waals surface area contributed by atoms with Crippen LogP contribution in [0.3, 0.4) is 0 Å². The van der Waals surface area contributed by atoms with E-state index in [1.807, 2.05) is 0 Å². The smallest absolute Gasteiger partial charge is 0.337 e. The summed E-state index contributed by atoms with van der Waals surface area (Å²) in [5.74, 6) is -0.610. The maximum atomic E-state index is 10.9. The van der Waals surface area contributed by atoms with E-state index in [1.165, 1.54) is 12.3 Å². The van der Waals surface area contributed by atoms with Crippen LogP contribution in [0.5, 0.6) is 0 Å². The first-order valence-corrected chi connectivity index (χ1v) is 5.39. The SMILES string of the molecule is COC1CC(Nc2nccc(C(=O)O)c2N)C1. The van der Waals surface area contributed by atoms with E-state index in [2.05, 4.69) is 10.3 Å². The predicted octanol–water partition coefficient (Wildman–Crippen LogP) is 0.951. The quantitative estimate of drug-likeness (QED) is 0.721. The summed E-state index contributed by atoms with van der Waals surface area (Å²) >= 11 is 0. The van der Waals surface area contributed by atoms with Gasteiger partial charge in [-0.3, -0.25) is 0 Å². The van der Waals surface area contributed by atoms with E-state index in [0.29, 0.717) is 5.82 Å². The Morgan fingerprint density at radius 3 is 2.94 bits per heavy atom. The van der Waals surface area contributed by atoms with Gasteiger partial charge in [-0.25, -0.2) is 9.78 Å². The molecule has 2 rings (SSSR count). The third-order valence-electron chi connectivity index (χ3n) is 2.99. The van der Waals surface area contributed by atoms with E-state index in [1.54, 1.807) is 7.11 Å². The third-order valence-corrected chi connectivity index (χ3v) is 2.99. The molecule has 1 aliphatic rings. The molecular formula is C11H15N3O3. The molecule has 6 heteroatoms. The number of nitrogen functional groups attached to an aromatic ring is 1. The van der Waals surface area contributed by atoms with Gasteiger partial charge in [0.1, 0.15) is 5.82 Å². The number of ether oxygens (including phenoxy) is 1. The molecule has 1 aromatic heterocycles. The van der Waals surface area contributed by atoms with Crippen LogP contribution in [0.2, 0.25) is 0 Å². The number of hydrogen-bond acceptors (Lipinski definition) is 5. The molecule has 1 fully saturated rings. The lowest BCUT2D eigenvalue weighted by Gasteiger charge is -2.35. The maximum absolute atomic E-state index is 10.9. The first-order chi connectivity index (χ1) is 8.11. The average molecular weight is 237 g/mol. The first-order valence-electron chi connectivity index (χ1n) is 5.39. The van der Waals surface area contributed by atoms with E-state index in [4.69, 9.17) is 15.6 Å². The molecule has 1 aliphatic carbocycles. The largest absolute Gasteiger partial charge is 0.478 e. The molecule has 1 saturated carbocycles. The van der Waals surface area contributed by atoms with Gasteiger partial charge in [0.05, 0.1) is 17.4 Å². The van der Waals surface area contributed by atoms with Crippen molar-refractivity contribution >= 4 is 17.5 Å². The number of carbonyl (C=O) groups is 1. The molecule has 0 aliphatic heterocycles. The summed E-state index contributed by atoms with van der Waals surface area (Å²) in [4.78, 5) is 14.9. The van der Waals surface area contributed by atoms with Gasteiger partial charge in [0.2, 0.25) is 0 Å². The van der Waals surface area contributed by atoms with Crippen LogP contribution in [0.15, 0.2) is 12.3 Å². The van der Waals surface area contributed by atoms with E-state index < -0.39 is 5.97 Å². The number of pyridine rings is 1. The zero-order chi connectivity index (χ0) is 12.4.